The molecule has 0 amide bonds. The van der Waals surface area contributed by atoms with Gasteiger partial charge in [0.05, 0.1) is 5.56 Å². The lowest BCUT2D eigenvalue weighted by Gasteiger charge is -2.21. The Balaban J connectivity index is 2.87. The van der Waals surface area contributed by atoms with Gasteiger partial charge in [-0.3, -0.25) is 4.79 Å². The van der Waals surface area contributed by atoms with Crippen molar-refractivity contribution in [3.05, 3.63) is 61.2 Å². The molecule has 2 nitrogen and oxygen atoms in total. The molecule has 0 bridgehead atoms. The molecule has 0 aromatic heterocycles. The Kier molecular flexibility index (Phi) is 4.63. The molecule has 128 valence electrons. The van der Waals surface area contributed by atoms with Crippen molar-refractivity contribution >= 4 is 5.78 Å². The lowest BCUT2D eigenvalue weighted by Crippen LogP contribution is -2.13. The van der Waals surface area contributed by atoms with Crippen LogP contribution in [0.4, 0.5) is 0 Å². The summed E-state index contributed by atoms with van der Waals surface area (Å²) in [4.78, 5) is 13.4. The number of carbonyl (C=O) groups excluding carboxylic acids is 1. The molecule has 2 rings (SSSR count). The Morgan fingerprint density at radius 1 is 0.500 bits per heavy atom. The maximum atomic E-state index is 13.4. The molecule has 1 N–H and O–H groups in total. The molecular formula is C22H28O2. The maximum Gasteiger partial charge on any atom is 0.197 e. The first-order valence-corrected chi connectivity index (χ1v) is 8.43. The molecule has 0 fully saturated rings. The monoisotopic (exact) mass is 324 g/mol. The highest BCUT2D eigenvalue weighted by Crippen LogP contribution is 2.36. The zero-order valence-corrected chi connectivity index (χ0v) is 16.4. The quantitative estimate of drug-likeness (QED) is 0.751. The molecular weight excluding hydrogens is 296 g/mol. The van der Waals surface area contributed by atoms with Gasteiger partial charge in [0.1, 0.15) is 5.75 Å². The molecule has 0 aliphatic heterocycles. The number of ketones is 1. The van der Waals surface area contributed by atoms with Crippen LogP contribution in [0.3, 0.4) is 0 Å². The maximum absolute atomic E-state index is 13.4. The largest absolute Gasteiger partial charge is 0.507 e. The molecule has 0 heterocycles. The van der Waals surface area contributed by atoms with E-state index in [4.69, 9.17) is 0 Å². The molecule has 0 aliphatic rings. The van der Waals surface area contributed by atoms with Gasteiger partial charge in [0.15, 0.2) is 5.78 Å². The molecule has 0 saturated carbocycles. The average Bonchev–Trinajstić information content (AvgIpc) is 2.55. The van der Waals surface area contributed by atoms with Crippen LogP contribution in [0.15, 0.2) is 0 Å². The van der Waals surface area contributed by atoms with Crippen LogP contribution >= 0.6 is 0 Å². The first-order chi connectivity index (χ1) is 11.0. The third kappa shape index (κ3) is 2.45. The zero-order chi connectivity index (χ0) is 18.5. The van der Waals surface area contributed by atoms with E-state index in [2.05, 4.69) is 20.8 Å². The van der Waals surface area contributed by atoms with Gasteiger partial charge in [-0.25, -0.2) is 0 Å². The van der Waals surface area contributed by atoms with Crippen molar-refractivity contribution in [1.82, 2.24) is 0 Å². The summed E-state index contributed by atoms with van der Waals surface area (Å²) in [5, 5.41) is 10.7. The van der Waals surface area contributed by atoms with Gasteiger partial charge in [0.25, 0.3) is 0 Å². The minimum absolute atomic E-state index is 0.0719. The lowest BCUT2D eigenvalue weighted by molar-refractivity contribution is 0.103. The van der Waals surface area contributed by atoms with Gasteiger partial charge in [-0.1, -0.05) is 0 Å². The minimum Gasteiger partial charge on any atom is -0.507 e. The zero-order valence-electron chi connectivity index (χ0n) is 16.4. The van der Waals surface area contributed by atoms with Gasteiger partial charge >= 0.3 is 0 Å². The Labute approximate surface area is 145 Å². The van der Waals surface area contributed by atoms with Crippen molar-refractivity contribution in [3.63, 3.8) is 0 Å². The van der Waals surface area contributed by atoms with Gasteiger partial charge in [-0.2, -0.15) is 0 Å². The summed E-state index contributed by atoms with van der Waals surface area (Å²) in [5.41, 5.74) is 10.5. The van der Waals surface area contributed by atoms with Gasteiger partial charge in [-0.15, -0.1) is 0 Å². The van der Waals surface area contributed by atoms with Crippen LogP contribution in [0.5, 0.6) is 5.75 Å². The molecule has 2 heteroatoms. The summed E-state index contributed by atoms with van der Waals surface area (Å²) in [6, 6.07) is 0. The third-order valence-corrected chi connectivity index (χ3v) is 6.11. The predicted molar refractivity (Wildman–Crippen MR) is 101 cm³/mol. The van der Waals surface area contributed by atoms with E-state index < -0.39 is 0 Å². The molecule has 0 unspecified atom stereocenters. The predicted octanol–water partition coefficient (Wildman–Crippen LogP) is 5.40. The summed E-state index contributed by atoms with van der Waals surface area (Å²) < 4.78 is 0. The second-order valence-electron chi connectivity index (χ2n) is 7.05. The SMILES string of the molecule is Cc1c(C)c(C)c(C(=O)c2c(C)c(C)c(C)c(C)c2O)c(C)c1C. The number of hydrogen-bond donors (Lipinski definition) is 1. The number of phenols is 1. The second kappa shape index (κ2) is 6.08. The normalized spacial score (nSPS) is 11.0. The molecule has 2 aromatic rings. The third-order valence-electron chi connectivity index (χ3n) is 6.11. The molecule has 0 radical (unpaired) electrons. The molecule has 24 heavy (non-hydrogen) atoms. The first-order valence-electron chi connectivity index (χ1n) is 8.43. The second-order valence-corrected chi connectivity index (χ2v) is 7.05. The highest BCUT2D eigenvalue weighted by atomic mass is 16.3. The van der Waals surface area contributed by atoms with Crippen molar-refractivity contribution in [2.75, 3.05) is 0 Å². The standard InChI is InChI=1S/C22H28O2/c1-10-11(2)15(6)19(16(7)12(10)3)22(24)20-17(8)13(4)14(5)18(9)21(20)23/h23H,1-9H3. The van der Waals surface area contributed by atoms with E-state index in [1.807, 2.05) is 41.5 Å². The number of aromatic hydroxyl groups is 1. The number of phenolic OH excluding ortho intramolecular Hbond substituents is 1. The summed E-state index contributed by atoms with van der Waals surface area (Å²) in [6.07, 6.45) is 0. The van der Waals surface area contributed by atoms with Crippen molar-refractivity contribution in [1.29, 1.82) is 0 Å². The molecule has 0 spiro atoms. The fourth-order valence-corrected chi connectivity index (χ4v) is 3.54. The lowest BCUT2D eigenvalue weighted by atomic mass is 9.83. The van der Waals surface area contributed by atoms with E-state index in [1.54, 1.807) is 0 Å². The van der Waals surface area contributed by atoms with Crippen LogP contribution in [0, 0.1) is 62.3 Å². The van der Waals surface area contributed by atoms with Gasteiger partial charge < -0.3 is 5.11 Å². The highest BCUT2D eigenvalue weighted by molar-refractivity contribution is 6.14. The minimum atomic E-state index is -0.0719. The van der Waals surface area contributed by atoms with Crippen molar-refractivity contribution in [3.8, 4) is 5.75 Å². The highest BCUT2D eigenvalue weighted by Gasteiger charge is 2.25. The Morgan fingerprint density at radius 3 is 1.21 bits per heavy atom. The van der Waals surface area contributed by atoms with Crippen molar-refractivity contribution in [2.24, 2.45) is 0 Å². The summed E-state index contributed by atoms with van der Waals surface area (Å²) in [7, 11) is 0. The first kappa shape index (κ1) is 18.3. The summed E-state index contributed by atoms with van der Waals surface area (Å²) in [6.45, 7) is 18.0. The summed E-state index contributed by atoms with van der Waals surface area (Å²) >= 11 is 0. The Bertz CT molecular complexity index is 741. The number of rotatable bonds is 2. The fraction of sp³-hybridized carbons (Fsp3) is 0.409. The molecule has 0 saturated heterocycles. The van der Waals surface area contributed by atoms with Crippen LogP contribution in [0.25, 0.3) is 0 Å². The van der Waals surface area contributed by atoms with Gasteiger partial charge in [-0.05, 0) is 112 Å². The van der Waals surface area contributed by atoms with Crippen LogP contribution in [0.2, 0.25) is 0 Å². The Morgan fingerprint density at radius 2 is 0.792 bits per heavy atom. The van der Waals surface area contributed by atoms with Crippen LogP contribution in [-0.4, -0.2) is 10.9 Å². The summed E-state index contributed by atoms with van der Waals surface area (Å²) in [5.74, 6) is 0.0488. The van der Waals surface area contributed by atoms with Crippen molar-refractivity contribution < 1.29 is 9.90 Å². The number of carbonyl (C=O) groups is 1. The van der Waals surface area contributed by atoms with E-state index >= 15 is 0 Å². The topological polar surface area (TPSA) is 37.3 Å². The average molecular weight is 324 g/mol. The van der Waals surface area contributed by atoms with Crippen LogP contribution in [-0.2, 0) is 0 Å². The molecule has 0 atom stereocenters. The Hall–Kier alpha value is -2.09. The van der Waals surface area contributed by atoms with Gasteiger partial charge in [0, 0.05) is 5.56 Å². The number of benzene rings is 2. The number of hydrogen-bond acceptors (Lipinski definition) is 2. The van der Waals surface area contributed by atoms with E-state index in [1.165, 1.54) is 5.56 Å². The molecule has 2 aromatic carbocycles. The van der Waals surface area contributed by atoms with E-state index in [0.717, 1.165) is 50.1 Å². The fourth-order valence-electron chi connectivity index (χ4n) is 3.54. The van der Waals surface area contributed by atoms with Gasteiger partial charge in [0.2, 0.25) is 0 Å². The van der Waals surface area contributed by atoms with E-state index in [-0.39, 0.29) is 11.5 Å². The van der Waals surface area contributed by atoms with E-state index in [9.17, 15) is 9.90 Å². The van der Waals surface area contributed by atoms with Crippen molar-refractivity contribution in [2.45, 2.75) is 62.3 Å². The van der Waals surface area contributed by atoms with E-state index in [0.29, 0.717) is 5.56 Å². The smallest absolute Gasteiger partial charge is 0.197 e. The van der Waals surface area contributed by atoms with Crippen LogP contribution < -0.4 is 0 Å². The molecule has 0 aliphatic carbocycles. The van der Waals surface area contributed by atoms with Crippen LogP contribution in [0.1, 0.15) is 66.0 Å².